The van der Waals surface area contributed by atoms with E-state index in [9.17, 15) is 29.4 Å². The largest absolute Gasteiger partial charge is 0.465 e. The summed E-state index contributed by atoms with van der Waals surface area (Å²) in [7, 11) is 0. The van der Waals surface area contributed by atoms with E-state index < -0.39 is 42.1 Å². The molecule has 2 atom stereocenters. The molecule has 0 aromatic heterocycles. The summed E-state index contributed by atoms with van der Waals surface area (Å²) in [5.74, 6) is -2.17. The summed E-state index contributed by atoms with van der Waals surface area (Å²) in [4.78, 5) is 52.4. The number of ether oxygens (including phenoxy) is 1. The van der Waals surface area contributed by atoms with E-state index >= 15 is 0 Å². The number of amides is 3. The third-order valence-electron chi connectivity index (χ3n) is 5.60. The molecule has 0 aliphatic carbocycles. The lowest BCUT2D eigenvalue weighted by Crippen LogP contribution is -2.60. The van der Waals surface area contributed by atoms with E-state index in [0.717, 1.165) is 9.80 Å². The van der Waals surface area contributed by atoms with E-state index in [-0.39, 0.29) is 30.7 Å². The summed E-state index contributed by atoms with van der Waals surface area (Å²) in [6.45, 7) is -0.998. The molecular formula is C22H20N2O7. The predicted molar refractivity (Wildman–Crippen MR) is 106 cm³/mol. The van der Waals surface area contributed by atoms with Gasteiger partial charge in [0.05, 0.1) is 30.3 Å². The Morgan fingerprint density at radius 2 is 1.58 bits per heavy atom. The second-order valence-electron chi connectivity index (χ2n) is 7.59. The van der Waals surface area contributed by atoms with Gasteiger partial charge in [0.25, 0.3) is 11.8 Å². The number of carbonyl (C=O) groups is 4. The van der Waals surface area contributed by atoms with Gasteiger partial charge in [-0.3, -0.25) is 19.4 Å². The SMILES string of the molecule is O=C1c2ccccc2C(=O)N1C[C@]1(C(=O)OCc2ccccc2)CC(O)CN1C(=O)O. The minimum Gasteiger partial charge on any atom is -0.465 e. The molecule has 2 aliphatic rings. The van der Waals surface area contributed by atoms with Crippen LogP contribution in [0.3, 0.4) is 0 Å². The minimum atomic E-state index is -1.91. The summed E-state index contributed by atoms with van der Waals surface area (Å²) in [5, 5.41) is 19.9. The molecule has 0 spiro atoms. The monoisotopic (exact) mass is 424 g/mol. The molecule has 2 N–H and O–H groups in total. The Balaban J connectivity index is 1.65. The lowest BCUT2D eigenvalue weighted by molar-refractivity contribution is -0.157. The van der Waals surface area contributed by atoms with E-state index in [2.05, 4.69) is 0 Å². The lowest BCUT2D eigenvalue weighted by atomic mass is 9.94. The van der Waals surface area contributed by atoms with Gasteiger partial charge in [-0.1, -0.05) is 42.5 Å². The molecule has 1 fully saturated rings. The molecule has 9 heteroatoms. The van der Waals surface area contributed by atoms with Gasteiger partial charge in [0.2, 0.25) is 0 Å². The Labute approximate surface area is 177 Å². The normalized spacial score (nSPS) is 22.5. The van der Waals surface area contributed by atoms with E-state index in [1.165, 1.54) is 12.1 Å². The van der Waals surface area contributed by atoms with Gasteiger partial charge < -0.3 is 14.9 Å². The molecule has 0 saturated carbocycles. The molecular weight excluding hydrogens is 404 g/mol. The van der Waals surface area contributed by atoms with Crippen LogP contribution in [-0.2, 0) is 16.1 Å². The number of aliphatic hydroxyl groups is 1. The average Bonchev–Trinajstić information content (AvgIpc) is 3.23. The van der Waals surface area contributed by atoms with Crippen molar-refractivity contribution in [3.63, 3.8) is 0 Å². The average molecular weight is 424 g/mol. The topological polar surface area (TPSA) is 124 Å². The molecule has 2 aromatic carbocycles. The fraction of sp³-hybridized carbons (Fsp3) is 0.273. The van der Waals surface area contributed by atoms with E-state index in [1.807, 2.05) is 0 Å². The molecule has 31 heavy (non-hydrogen) atoms. The zero-order valence-corrected chi connectivity index (χ0v) is 16.4. The molecule has 1 unspecified atom stereocenters. The summed E-state index contributed by atoms with van der Waals surface area (Å²) in [5.41, 5.74) is -0.860. The molecule has 2 heterocycles. The molecule has 0 bridgehead atoms. The zero-order chi connectivity index (χ0) is 22.2. The maximum atomic E-state index is 13.2. The first kappa shape index (κ1) is 20.5. The Morgan fingerprint density at radius 3 is 2.16 bits per heavy atom. The van der Waals surface area contributed by atoms with Gasteiger partial charge in [0.15, 0.2) is 5.54 Å². The van der Waals surface area contributed by atoms with Crippen LogP contribution in [0.5, 0.6) is 0 Å². The Bertz CT molecular complexity index is 1020. The molecule has 1 saturated heterocycles. The van der Waals surface area contributed by atoms with Gasteiger partial charge in [-0.05, 0) is 17.7 Å². The fourth-order valence-electron chi connectivity index (χ4n) is 4.12. The number of aliphatic hydroxyl groups excluding tert-OH is 1. The quantitative estimate of drug-likeness (QED) is 0.551. The molecule has 160 valence electrons. The first-order valence-corrected chi connectivity index (χ1v) is 9.68. The number of hydrogen-bond donors (Lipinski definition) is 2. The number of β-amino-alcohol motifs (C(OH)–C–C–N with tert-alkyl or cyclic N) is 1. The number of likely N-dealkylation sites (tertiary alicyclic amines) is 1. The molecule has 9 nitrogen and oxygen atoms in total. The number of fused-ring (bicyclic) bond motifs is 1. The number of benzene rings is 2. The van der Waals surface area contributed by atoms with Crippen molar-refractivity contribution in [2.24, 2.45) is 0 Å². The highest BCUT2D eigenvalue weighted by molar-refractivity contribution is 6.21. The highest BCUT2D eigenvalue weighted by atomic mass is 16.5. The van der Waals surface area contributed by atoms with Crippen LogP contribution < -0.4 is 0 Å². The van der Waals surface area contributed by atoms with E-state index in [1.54, 1.807) is 42.5 Å². The number of imide groups is 1. The maximum absolute atomic E-state index is 13.2. The van der Waals surface area contributed by atoms with Crippen LogP contribution in [0.2, 0.25) is 0 Å². The van der Waals surface area contributed by atoms with Crippen LogP contribution in [0.4, 0.5) is 4.79 Å². The number of hydrogen-bond acceptors (Lipinski definition) is 6. The van der Waals surface area contributed by atoms with Crippen LogP contribution in [0.1, 0.15) is 32.7 Å². The number of rotatable bonds is 5. The number of nitrogens with zero attached hydrogens (tertiary/aromatic N) is 2. The Kier molecular flexibility index (Phi) is 5.20. The Hall–Kier alpha value is -3.72. The summed E-state index contributed by atoms with van der Waals surface area (Å²) < 4.78 is 5.40. The number of carboxylic acid groups (broad SMARTS) is 1. The standard InChI is InChI=1S/C22H20N2O7/c25-15-10-22(24(11-15)21(29)30,20(28)31-12-14-6-2-1-3-7-14)13-23-18(26)16-8-4-5-9-17(16)19(23)27/h1-9,15,25H,10-13H2,(H,29,30)/t15?,22-/m0/s1. The van der Waals surface area contributed by atoms with E-state index in [4.69, 9.17) is 4.74 Å². The molecule has 0 radical (unpaired) electrons. The van der Waals surface area contributed by atoms with Gasteiger partial charge in [0.1, 0.15) is 6.61 Å². The van der Waals surface area contributed by atoms with Gasteiger partial charge in [0, 0.05) is 6.42 Å². The maximum Gasteiger partial charge on any atom is 0.408 e. The first-order chi connectivity index (χ1) is 14.8. The van der Waals surface area contributed by atoms with Gasteiger partial charge >= 0.3 is 12.1 Å². The molecule has 4 rings (SSSR count). The molecule has 3 amide bonds. The highest BCUT2D eigenvalue weighted by Gasteiger charge is 2.57. The second-order valence-corrected chi connectivity index (χ2v) is 7.59. The third kappa shape index (κ3) is 3.53. The summed E-state index contributed by atoms with van der Waals surface area (Å²) in [6.07, 6.45) is -2.89. The van der Waals surface area contributed by atoms with Crippen molar-refractivity contribution < 1.29 is 34.1 Å². The van der Waals surface area contributed by atoms with Crippen LogP contribution in [-0.4, -0.2) is 68.6 Å². The van der Waals surface area contributed by atoms with Crippen LogP contribution in [0.25, 0.3) is 0 Å². The van der Waals surface area contributed by atoms with E-state index in [0.29, 0.717) is 5.56 Å². The van der Waals surface area contributed by atoms with Crippen molar-refractivity contribution in [1.29, 1.82) is 0 Å². The van der Waals surface area contributed by atoms with Crippen molar-refractivity contribution >= 4 is 23.9 Å². The summed E-state index contributed by atoms with van der Waals surface area (Å²) >= 11 is 0. The second kappa shape index (κ2) is 7.84. The van der Waals surface area contributed by atoms with Crippen LogP contribution in [0.15, 0.2) is 54.6 Å². The van der Waals surface area contributed by atoms with Crippen molar-refractivity contribution in [3.05, 3.63) is 71.3 Å². The van der Waals surface area contributed by atoms with Crippen LogP contribution >= 0.6 is 0 Å². The summed E-state index contributed by atoms with van der Waals surface area (Å²) in [6, 6.07) is 15.0. The van der Waals surface area contributed by atoms with Crippen molar-refractivity contribution in [2.75, 3.05) is 13.1 Å². The van der Waals surface area contributed by atoms with Crippen molar-refractivity contribution in [1.82, 2.24) is 9.80 Å². The van der Waals surface area contributed by atoms with Gasteiger partial charge in [-0.25, -0.2) is 9.59 Å². The third-order valence-corrected chi connectivity index (χ3v) is 5.60. The first-order valence-electron chi connectivity index (χ1n) is 9.68. The zero-order valence-electron chi connectivity index (χ0n) is 16.4. The lowest BCUT2D eigenvalue weighted by Gasteiger charge is -2.36. The fourth-order valence-corrected chi connectivity index (χ4v) is 4.12. The number of esters is 1. The van der Waals surface area contributed by atoms with Gasteiger partial charge in [-0.15, -0.1) is 0 Å². The van der Waals surface area contributed by atoms with Crippen LogP contribution in [0, 0.1) is 0 Å². The minimum absolute atomic E-state index is 0.118. The molecule has 2 aliphatic heterocycles. The highest BCUT2D eigenvalue weighted by Crippen LogP contribution is 2.35. The van der Waals surface area contributed by atoms with Gasteiger partial charge in [-0.2, -0.15) is 0 Å². The van der Waals surface area contributed by atoms with Crippen molar-refractivity contribution in [3.8, 4) is 0 Å². The van der Waals surface area contributed by atoms with Crippen molar-refractivity contribution in [2.45, 2.75) is 24.7 Å². The molecule has 2 aromatic rings. The predicted octanol–water partition coefficient (Wildman–Crippen LogP) is 1.51. The smallest absolute Gasteiger partial charge is 0.408 e. The Morgan fingerprint density at radius 1 is 1.00 bits per heavy atom. The number of carbonyl (C=O) groups excluding carboxylic acids is 3.